The highest BCUT2D eigenvalue weighted by Crippen LogP contribution is 2.33. The molecule has 4 rings (SSSR count). The van der Waals surface area contributed by atoms with E-state index < -0.39 is 0 Å². The Balaban J connectivity index is 1.67. The Morgan fingerprint density at radius 2 is 1.81 bits per heavy atom. The zero-order valence-corrected chi connectivity index (χ0v) is 18.2. The lowest BCUT2D eigenvalue weighted by molar-refractivity contribution is 0.122. The molecule has 2 aromatic carbocycles. The molecular weight excluding hydrogens is 386 g/mol. The van der Waals surface area contributed by atoms with Crippen LogP contribution in [0.1, 0.15) is 40.3 Å². The minimum absolute atomic E-state index is 0.0827. The van der Waals surface area contributed by atoms with Crippen molar-refractivity contribution in [3.8, 4) is 0 Å². The normalized spacial score (nSPS) is 15.7. The Morgan fingerprint density at radius 3 is 2.48 bits per heavy atom. The molecule has 1 N–H and O–H groups in total. The number of nitrogens with zero attached hydrogens (tertiary/aromatic N) is 3. The Bertz CT molecular complexity index is 1040. The minimum Gasteiger partial charge on any atom is -0.411 e. The second-order valence-electron chi connectivity index (χ2n) is 8.04. The van der Waals surface area contributed by atoms with Crippen LogP contribution in [0.25, 0.3) is 0 Å². The molecule has 0 saturated carbocycles. The molecule has 5 heteroatoms. The molecule has 0 spiro atoms. The highest BCUT2D eigenvalue weighted by molar-refractivity contribution is 6.01. The molecule has 0 bridgehead atoms. The molecule has 1 aliphatic rings. The van der Waals surface area contributed by atoms with Crippen LogP contribution in [0.15, 0.2) is 72.0 Å². The van der Waals surface area contributed by atoms with Crippen molar-refractivity contribution in [3.63, 3.8) is 0 Å². The molecule has 160 valence electrons. The molecule has 2 heterocycles. The first-order valence-electron chi connectivity index (χ1n) is 10.8. The van der Waals surface area contributed by atoms with Gasteiger partial charge in [-0.1, -0.05) is 41.6 Å². The number of rotatable bonds is 6. The molecule has 1 atom stereocenters. The van der Waals surface area contributed by atoms with Crippen molar-refractivity contribution >= 4 is 11.4 Å². The number of hydrogen-bond acceptors (Lipinski definition) is 5. The summed E-state index contributed by atoms with van der Waals surface area (Å²) < 4.78 is 5.48. The van der Waals surface area contributed by atoms with Gasteiger partial charge < -0.3 is 14.8 Å². The van der Waals surface area contributed by atoms with E-state index in [1.807, 2.05) is 19.1 Å². The highest BCUT2D eigenvalue weighted by atomic mass is 16.5. The summed E-state index contributed by atoms with van der Waals surface area (Å²) in [5, 5.41) is 13.5. The molecule has 3 aromatic rings. The molecule has 0 radical (unpaired) electrons. The summed E-state index contributed by atoms with van der Waals surface area (Å²) in [4.78, 5) is 6.63. The fraction of sp³-hybridized carbons (Fsp3) is 0.308. The van der Waals surface area contributed by atoms with E-state index >= 15 is 0 Å². The average molecular weight is 416 g/mol. The maximum absolute atomic E-state index is 9.85. The second-order valence-corrected chi connectivity index (χ2v) is 8.04. The summed E-state index contributed by atoms with van der Waals surface area (Å²) in [6.45, 7) is 7.47. The van der Waals surface area contributed by atoms with E-state index in [2.05, 4.69) is 70.5 Å². The fourth-order valence-electron chi connectivity index (χ4n) is 4.26. The number of hydrogen-bond donors (Lipinski definition) is 1. The van der Waals surface area contributed by atoms with E-state index in [0.717, 1.165) is 37.6 Å². The number of anilines is 1. The largest absolute Gasteiger partial charge is 0.411 e. The first-order valence-corrected chi connectivity index (χ1v) is 10.8. The molecule has 0 amide bonds. The van der Waals surface area contributed by atoms with Crippen LogP contribution in [0.3, 0.4) is 0 Å². The van der Waals surface area contributed by atoms with Crippen LogP contribution in [0.4, 0.5) is 5.69 Å². The third-order valence-electron chi connectivity index (χ3n) is 5.98. The van der Waals surface area contributed by atoms with Crippen LogP contribution in [-0.2, 0) is 4.74 Å². The van der Waals surface area contributed by atoms with E-state index in [0.29, 0.717) is 12.1 Å². The number of ether oxygens (including phenoxy) is 1. The monoisotopic (exact) mass is 415 g/mol. The lowest BCUT2D eigenvalue weighted by atomic mass is 9.83. The van der Waals surface area contributed by atoms with Gasteiger partial charge in [-0.05, 0) is 54.8 Å². The number of aromatic nitrogens is 1. The van der Waals surface area contributed by atoms with Gasteiger partial charge >= 0.3 is 0 Å². The van der Waals surface area contributed by atoms with Gasteiger partial charge in [0.1, 0.15) is 0 Å². The lowest BCUT2D eigenvalue weighted by Gasteiger charge is -2.29. The van der Waals surface area contributed by atoms with Gasteiger partial charge in [0.05, 0.1) is 18.9 Å². The van der Waals surface area contributed by atoms with Crippen molar-refractivity contribution in [1.29, 1.82) is 0 Å². The van der Waals surface area contributed by atoms with Crippen LogP contribution in [0.5, 0.6) is 0 Å². The zero-order valence-electron chi connectivity index (χ0n) is 18.2. The van der Waals surface area contributed by atoms with Crippen molar-refractivity contribution in [2.24, 2.45) is 5.16 Å². The summed E-state index contributed by atoms with van der Waals surface area (Å²) in [5.74, 6) is 0.0827. The van der Waals surface area contributed by atoms with Gasteiger partial charge in [-0.25, -0.2) is 0 Å². The van der Waals surface area contributed by atoms with Gasteiger partial charge in [0.15, 0.2) is 0 Å². The minimum atomic E-state index is 0.0827. The molecule has 31 heavy (non-hydrogen) atoms. The van der Waals surface area contributed by atoms with E-state index in [1.165, 1.54) is 22.4 Å². The van der Waals surface area contributed by atoms with Gasteiger partial charge in [-0.2, -0.15) is 0 Å². The topological polar surface area (TPSA) is 58.0 Å². The summed E-state index contributed by atoms with van der Waals surface area (Å²) >= 11 is 0. The predicted molar refractivity (Wildman–Crippen MR) is 124 cm³/mol. The maximum Gasteiger partial charge on any atom is 0.0878 e. The molecular formula is C26H29N3O2. The molecule has 0 unspecified atom stereocenters. The van der Waals surface area contributed by atoms with E-state index in [1.54, 1.807) is 6.20 Å². The third kappa shape index (κ3) is 4.94. The number of morpholine rings is 1. The van der Waals surface area contributed by atoms with E-state index in [-0.39, 0.29) is 5.92 Å². The molecule has 1 saturated heterocycles. The summed E-state index contributed by atoms with van der Waals surface area (Å²) in [5.41, 5.74) is 7.37. The molecule has 0 aliphatic carbocycles. The van der Waals surface area contributed by atoms with Gasteiger partial charge in [-0.3, -0.25) is 4.98 Å². The van der Waals surface area contributed by atoms with Gasteiger partial charge in [0.2, 0.25) is 0 Å². The first-order chi connectivity index (χ1) is 15.2. The van der Waals surface area contributed by atoms with Gasteiger partial charge in [0, 0.05) is 48.6 Å². The van der Waals surface area contributed by atoms with Crippen LogP contribution in [0, 0.1) is 13.8 Å². The Labute approximate surface area is 184 Å². The number of pyridine rings is 1. The van der Waals surface area contributed by atoms with Gasteiger partial charge in [-0.15, -0.1) is 0 Å². The van der Waals surface area contributed by atoms with Crippen molar-refractivity contribution in [2.75, 3.05) is 31.2 Å². The van der Waals surface area contributed by atoms with Crippen LogP contribution < -0.4 is 4.90 Å². The van der Waals surface area contributed by atoms with Crippen molar-refractivity contribution in [2.45, 2.75) is 26.2 Å². The molecule has 1 aliphatic heterocycles. The predicted octanol–water partition coefficient (Wildman–Crippen LogP) is 4.94. The first kappa shape index (κ1) is 21.1. The van der Waals surface area contributed by atoms with Crippen molar-refractivity contribution in [3.05, 3.63) is 94.8 Å². The molecule has 1 aromatic heterocycles. The Hall–Kier alpha value is -3.18. The Morgan fingerprint density at radius 1 is 1.06 bits per heavy atom. The quantitative estimate of drug-likeness (QED) is 0.352. The number of benzene rings is 2. The second kappa shape index (κ2) is 9.75. The van der Waals surface area contributed by atoms with Gasteiger partial charge in [0.25, 0.3) is 0 Å². The lowest BCUT2D eigenvalue weighted by Crippen LogP contribution is -2.36. The number of oxime groups is 1. The van der Waals surface area contributed by atoms with Crippen LogP contribution >= 0.6 is 0 Å². The fourth-order valence-corrected chi connectivity index (χ4v) is 4.26. The van der Waals surface area contributed by atoms with Crippen molar-refractivity contribution in [1.82, 2.24) is 4.98 Å². The number of aryl methyl sites for hydroxylation is 2. The SMILES string of the molecule is Cc1cc(C(C[C@@H](c2ccc(N3CCOCC3)cc2)c2ccccc2C)=NO)ccn1. The third-order valence-corrected chi connectivity index (χ3v) is 5.98. The summed E-state index contributed by atoms with van der Waals surface area (Å²) in [6, 6.07) is 21.1. The Kier molecular flexibility index (Phi) is 6.63. The van der Waals surface area contributed by atoms with Crippen molar-refractivity contribution < 1.29 is 9.94 Å². The van der Waals surface area contributed by atoms with Crippen LogP contribution in [-0.4, -0.2) is 42.2 Å². The average Bonchev–Trinajstić information content (AvgIpc) is 2.81. The standard InChI is InChI=1S/C26H29N3O2/c1-19-5-3-4-6-24(19)25(18-26(28-30)22-11-12-27-20(2)17-22)21-7-9-23(10-8-21)29-13-15-31-16-14-29/h3-12,17,25,30H,13-16,18H2,1-2H3/t25-/m0/s1. The summed E-state index contributed by atoms with van der Waals surface area (Å²) in [7, 11) is 0. The highest BCUT2D eigenvalue weighted by Gasteiger charge is 2.21. The van der Waals surface area contributed by atoms with Crippen LogP contribution in [0.2, 0.25) is 0 Å². The molecule has 1 fully saturated rings. The summed E-state index contributed by atoms with van der Waals surface area (Å²) in [6.07, 6.45) is 2.36. The zero-order chi connectivity index (χ0) is 21.6. The van der Waals surface area contributed by atoms with E-state index in [9.17, 15) is 5.21 Å². The smallest absolute Gasteiger partial charge is 0.0878 e. The maximum atomic E-state index is 9.85. The molecule has 5 nitrogen and oxygen atoms in total. The van der Waals surface area contributed by atoms with E-state index in [4.69, 9.17) is 4.74 Å².